The summed E-state index contributed by atoms with van der Waals surface area (Å²) in [4.78, 5) is 0. The second kappa shape index (κ2) is 7.20. The Kier molecular flexibility index (Phi) is 5.91. The molecule has 0 saturated carbocycles. The van der Waals surface area contributed by atoms with E-state index in [1.807, 2.05) is 6.92 Å². The van der Waals surface area contributed by atoms with Crippen molar-refractivity contribution in [3.8, 4) is 11.5 Å². The van der Waals surface area contributed by atoms with Crippen LogP contribution in [0.25, 0.3) is 0 Å². The summed E-state index contributed by atoms with van der Waals surface area (Å²) >= 11 is 0. The number of ether oxygens (including phenoxy) is 2. The van der Waals surface area contributed by atoms with Crippen LogP contribution in [-0.4, -0.2) is 27.4 Å². The molecule has 1 aromatic carbocycles. The summed E-state index contributed by atoms with van der Waals surface area (Å²) in [5, 5.41) is 0. The highest BCUT2D eigenvalue weighted by molar-refractivity contribution is 7.86. The molecule has 0 radical (unpaired) electrons. The number of hydrogen-bond donors (Lipinski definition) is 0. The standard InChI is InChI=1S/C12H17FO4S/c1-2-16-11-5-7-12(8-6-11)17-9-3-4-10-18(13,14)15/h5-8H,2-4,9-10H2,1H3. The second-order valence-corrected chi connectivity index (χ2v) is 5.19. The van der Waals surface area contributed by atoms with Crippen LogP contribution in [0.2, 0.25) is 0 Å². The molecule has 0 aromatic heterocycles. The van der Waals surface area contributed by atoms with E-state index in [0.29, 0.717) is 25.4 Å². The highest BCUT2D eigenvalue weighted by Crippen LogP contribution is 2.17. The zero-order valence-corrected chi connectivity index (χ0v) is 11.1. The summed E-state index contributed by atoms with van der Waals surface area (Å²) in [5.74, 6) is 1.01. The molecule has 0 atom stereocenters. The summed E-state index contributed by atoms with van der Waals surface area (Å²) in [6.07, 6.45) is 0.756. The summed E-state index contributed by atoms with van der Waals surface area (Å²) in [6, 6.07) is 7.14. The Morgan fingerprint density at radius 3 is 2.11 bits per heavy atom. The average molecular weight is 276 g/mol. The van der Waals surface area contributed by atoms with E-state index in [-0.39, 0.29) is 6.42 Å². The summed E-state index contributed by atoms with van der Waals surface area (Å²) in [7, 11) is -4.35. The van der Waals surface area contributed by atoms with Gasteiger partial charge in [-0.1, -0.05) is 0 Å². The maximum absolute atomic E-state index is 12.2. The van der Waals surface area contributed by atoms with Gasteiger partial charge in [-0.2, -0.15) is 8.42 Å². The Hall–Kier alpha value is -1.30. The largest absolute Gasteiger partial charge is 0.494 e. The molecule has 0 aliphatic heterocycles. The number of unbranched alkanes of at least 4 members (excludes halogenated alkanes) is 1. The van der Waals surface area contributed by atoms with Gasteiger partial charge in [0.05, 0.1) is 19.0 Å². The lowest BCUT2D eigenvalue weighted by molar-refractivity contribution is 0.307. The van der Waals surface area contributed by atoms with Gasteiger partial charge in [0, 0.05) is 0 Å². The molecule has 18 heavy (non-hydrogen) atoms. The van der Waals surface area contributed by atoms with E-state index in [4.69, 9.17) is 9.47 Å². The van der Waals surface area contributed by atoms with Crippen LogP contribution in [0.4, 0.5) is 3.89 Å². The van der Waals surface area contributed by atoms with E-state index in [2.05, 4.69) is 0 Å². The predicted molar refractivity (Wildman–Crippen MR) is 67.2 cm³/mol. The first-order valence-electron chi connectivity index (χ1n) is 5.79. The van der Waals surface area contributed by atoms with E-state index in [0.717, 1.165) is 5.75 Å². The zero-order chi connectivity index (χ0) is 13.4. The quantitative estimate of drug-likeness (QED) is 0.541. The summed E-state index contributed by atoms with van der Waals surface area (Å²) in [5.41, 5.74) is 0. The molecule has 1 aromatic rings. The van der Waals surface area contributed by atoms with Gasteiger partial charge in [0.1, 0.15) is 11.5 Å². The van der Waals surface area contributed by atoms with Gasteiger partial charge >= 0.3 is 10.2 Å². The lowest BCUT2D eigenvalue weighted by atomic mass is 10.3. The third-order valence-corrected chi connectivity index (χ3v) is 2.96. The summed E-state index contributed by atoms with van der Waals surface area (Å²) in [6.45, 7) is 2.88. The lowest BCUT2D eigenvalue weighted by Gasteiger charge is -2.07. The molecule has 6 heteroatoms. The fourth-order valence-corrected chi connectivity index (χ4v) is 1.91. The van der Waals surface area contributed by atoms with Gasteiger partial charge in [0.2, 0.25) is 0 Å². The zero-order valence-electron chi connectivity index (χ0n) is 10.3. The van der Waals surface area contributed by atoms with Gasteiger partial charge in [-0.3, -0.25) is 0 Å². The first-order chi connectivity index (χ1) is 8.51. The van der Waals surface area contributed by atoms with Gasteiger partial charge < -0.3 is 9.47 Å². The smallest absolute Gasteiger partial charge is 0.302 e. The molecule has 0 saturated heterocycles. The van der Waals surface area contributed by atoms with Crippen LogP contribution in [0.3, 0.4) is 0 Å². The maximum atomic E-state index is 12.2. The molecule has 4 nitrogen and oxygen atoms in total. The van der Waals surface area contributed by atoms with Crippen molar-refractivity contribution >= 4 is 10.2 Å². The van der Waals surface area contributed by atoms with E-state index < -0.39 is 16.0 Å². The SMILES string of the molecule is CCOc1ccc(OCCCCS(=O)(=O)F)cc1. The number of hydrogen-bond acceptors (Lipinski definition) is 4. The van der Waals surface area contributed by atoms with Gasteiger partial charge in [-0.05, 0) is 44.0 Å². The molecular formula is C12H17FO4S. The van der Waals surface area contributed by atoms with Crippen LogP contribution >= 0.6 is 0 Å². The Morgan fingerprint density at radius 1 is 1.06 bits per heavy atom. The van der Waals surface area contributed by atoms with Crippen LogP contribution < -0.4 is 9.47 Å². The van der Waals surface area contributed by atoms with Crippen molar-refractivity contribution in [2.75, 3.05) is 19.0 Å². The van der Waals surface area contributed by atoms with Crippen LogP contribution in [0.1, 0.15) is 19.8 Å². The Balaban J connectivity index is 2.23. The van der Waals surface area contributed by atoms with Crippen LogP contribution in [0.5, 0.6) is 11.5 Å². The molecule has 0 fully saturated rings. The molecule has 0 amide bonds. The fourth-order valence-electron chi connectivity index (χ4n) is 1.37. The van der Waals surface area contributed by atoms with Crippen LogP contribution in [0, 0.1) is 0 Å². The Labute approximate surface area is 107 Å². The van der Waals surface area contributed by atoms with Crippen molar-refractivity contribution in [2.24, 2.45) is 0 Å². The first-order valence-corrected chi connectivity index (χ1v) is 7.34. The van der Waals surface area contributed by atoms with E-state index >= 15 is 0 Å². The van der Waals surface area contributed by atoms with Crippen molar-refractivity contribution in [2.45, 2.75) is 19.8 Å². The number of benzene rings is 1. The minimum Gasteiger partial charge on any atom is -0.494 e. The third-order valence-electron chi connectivity index (χ3n) is 2.19. The van der Waals surface area contributed by atoms with Crippen molar-refractivity contribution in [3.05, 3.63) is 24.3 Å². The molecule has 0 unspecified atom stereocenters. The molecule has 0 heterocycles. The highest BCUT2D eigenvalue weighted by Gasteiger charge is 2.05. The second-order valence-electron chi connectivity index (χ2n) is 3.70. The monoisotopic (exact) mass is 276 g/mol. The molecule has 102 valence electrons. The normalized spacial score (nSPS) is 11.2. The van der Waals surface area contributed by atoms with E-state index in [9.17, 15) is 12.3 Å². The molecule has 0 bridgehead atoms. The molecule has 0 aliphatic carbocycles. The van der Waals surface area contributed by atoms with Crippen molar-refractivity contribution in [1.82, 2.24) is 0 Å². The van der Waals surface area contributed by atoms with Gasteiger partial charge in [-0.15, -0.1) is 3.89 Å². The number of halogens is 1. The molecule has 0 aliphatic rings. The first kappa shape index (κ1) is 14.8. The third kappa shape index (κ3) is 6.44. The molecule has 0 spiro atoms. The molecule has 1 rings (SSSR count). The number of rotatable bonds is 8. The molecule has 0 N–H and O–H groups in total. The minimum absolute atomic E-state index is 0.260. The Bertz CT molecular complexity index is 442. The minimum atomic E-state index is -4.35. The average Bonchev–Trinajstić information content (AvgIpc) is 2.30. The molecular weight excluding hydrogens is 259 g/mol. The predicted octanol–water partition coefficient (Wildman–Crippen LogP) is 2.54. The van der Waals surface area contributed by atoms with Gasteiger partial charge in [-0.25, -0.2) is 0 Å². The Morgan fingerprint density at radius 2 is 1.61 bits per heavy atom. The van der Waals surface area contributed by atoms with Crippen molar-refractivity contribution in [3.63, 3.8) is 0 Å². The highest BCUT2D eigenvalue weighted by atomic mass is 32.3. The summed E-state index contributed by atoms with van der Waals surface area (Å²) < 4.78 is 43.3. The van der Waals surface area contributed by atoms with E-state index in [1.165, 1.54) is 0 Å². The van der Waals surface area contributed by atoms with Crippen molar-refractivity contribution < 1.29 is 21.8 Å². The maximum Gasteiger partial charge on any atom is 0.302 e. The topological polar surface area (TPSA) is 52.6 Å². The fraction of sp³-hybridized carbons (Fsp3) is 0.500. The van der Waals surface area contributed by atoms with Crippen molar-refractivity contribution in [1.29, 1.82) is 0 Å². The lowest BCUT2D eigenvalue weighted by Crippen LogP contribution is -2.03. The van der Waals surface area contributed by atoms with Crippen LogP contribution in [-0.2, 0) is 10.2 Å². The van der Waals surface area contributed by atoms with E-state index in [1.54, 1.807) is 24.3 Å². The van der Waals surface area contributed by atoms with Crippen LogP contribution in [0.15, 0.2) is 24.3 Å². The van der Waals surface area contributed by atoms with Gasteiger partial charge in [0.15, 0.2) is 0 Å². The van der Waals surface area contributed by atoms with Gasteiger partial charge in [0.25, 0.3) is 0 Å².